The van der Waals surface area contributed by atoms with Crippen molar-refractivity contribution in [2.24, 2.45) is 17.3 Å². The minimum atomic E-state index is -4.57. The van der Waals surface area contributed by atoms with Gasteiger partial charge in [0.15, 0.2) is 0 Å². The number of aliphatic hydroxyl groups excluding tert-OH is 1. The van der Waals surface area contributed by atoms with E-state index in [9.17, 15) is 23.1 Å². The molecule has 8 heteroatoms. The van der Waals surface area contributed by atoms with Crippen molar-refractivity contribution in [3.63, 3.8) is 0 Å². The summed E-state index contributed by atoms with van der Waals surface area (Å²) in [6, 6.07) is 5.45. The Kier molecular flexibility index (Phi) is 4.97. The van der Waals surface area contributed by atoms with E-state index in [0.29, 0.717) is 44.7 Å². The number of hydrogen-bond acceptors (Lipinski definition) is 4. The number of nitrogens with zero attached hydrogens (tertiary/aromatic N) is 3. The van der Waals surface area contributed by atoms with Gasteiger partial charge in [0.2, 0.25) is 5.91 Å². The predicted octanol–water partition coefficient (Wildman–Crippen LogP) is 3.02. The van der Waals surface area contributed by atoms with Gasteiger partial charge in [0.25, 0.3) is 0 Å². The first kappa shape index (κ1) is 20.0. The molecule has 29 heavy (non-hydrogen) atoms. The molecule has 1 aliphatic carbocycles. The number of likely N-dealkylation sites (tertiary alicyclic amines) is 1. The molecule has 1 N–H and O–H groups in total. The topological polar surface area (TPSA) is 67.6 Å². The lowest BCUT2D eigenvalue weighted by Gasteiger charge is -2.43. The smallest absolute Gasteiger partial charge is 0.396 e. The number of benzene rings is 1. The van der Waals surface area contributed by atoms with Crippen LogP contribution < -0.4 is 4.90 Å². The first-order valence-electron chi connectivity index (χ1n) is 10.0. The summed E-state index contributed by atoms with van der Waals surface area (Å²) < 4.78 is 39.8. The van der Waals surface area contributed by atoms with E-state index in [-0.39, 0.29) is 35.3 Å². The molecule has 1 aromatic carbocycles. The summed E-state index contributed by atoms with van der Waals surface area (Å²) in [5.41, 5.74) is -1.00. The van der Waals surface area contributed by atoms with Gasteiger partial charge in [-0.25, -0.2) is 0 Å². The Bertz CT molecular complexity index is 837. The summed E-state index contributed by atoms with van der Waals surface area (Å²) in [5, 5.41) is 18.9. The Morgan fingerprint density at radius 2 is 1.97 bits per heavy atom. The number of anilines is 1. The number of aliphatic hydroxyl groups is 1. The summed E-state index contributed by atoms with van der Waals surface area (Å²) in [7, 11) is 0. The van der Waals surface area contributed by atoms with Crippen LogP contribution >= 0.6 is 0 Å². The predicted molar refractivity (Wildman–Crippen MR) is 99.9 cm³/mol. The van der Waals surface area contributed by atoms with Gasteiger partial charge in [-0.15, -0.1) is 0 Å². The number of amides is 1. The number of carbonyl (C=O) groups is 1. The number of alkyl halides is 3. The zero-order valence-electron chi connectivity index (χ0n) is 16.1. The highest BCUT2D eigenvalue weighted by atomic mass is 19.4. The van der Waals surface area contributed by atoms with E-state index in [4.69, 9.17) is 5.26 Å². The Hall–Kier alpha value is -2.27. The maximum atomic E-state index is 13.3. The second kappa shape index (κ2) is 7.21. The normalized spacial score (nSPS) is 24.0. The highest BCUT2D eigenvalue weighted by Crippen LogP contribution is 2.47. The van der Waals surface area contributed by atoms with E-state index < -0.39 is 11.7 Å². The molecule has 2 heterocycles. The Morgan fingerprint density at radius 1 is 1.28 bits per heavy atom. The van der Waals surface area contributed by atoms with Gasteiger partial charge in [-0.2, -0.15) is 18.4 Å². The third-order valence-electron chi connectivity index (χ3n) is 6.82. The van der Waals surface area contributed by atoms with Crippen LogP contribution in [0.2, 0.25) is 0 Å². The molecule has 0 aromatic heterocycles. The lowest BCUT2D eigenvalue weighted by Crippen LogP contribution is -2.45. The van der Waals surface area contributed by atoms with Crippen LogP contribution in [0.5, 0.6) is 0 Å². The van der Waals surface area contributed by atoms with Crippen molar-refractivity contribution in [1.82, 2.24) is 4.90 Å². The Labute approximate surface area is 167 Å². The van der Waals surface area contributed by atoms with E-state index >= 15 is 0 Å². The Balaban J connectivity index is 1.49. The van der Waals surface area contributed by atoms with Crippen molar-refractivity contribution >= 4 is 11.6 Å². The molecule has 156 valence electrons. The number of hydrogen-bond donors (Lipinski definition) is 1. The molecule has 1 saturated carbocycles. The van der Waals surface area contributed by atoms with Gasteiger partial charge in [0, 0.05) is 50.3 Å². The van der Waals surface area contributed by atoms with Gasteiger partial charge in [-0.3, -0.25) is 4.79 Å². The number of rotatable bonds is 3. The SMILES string of the molecule is N#Cc1ccc(N2CCC3(CC2)CN(C(=O)C2CC2)CC3CO)cc1C(F)(F)F. The number of carbonyl (C=O) groups excluding carboxylic acids is 1. The van der Waals surface area contributed by atoms with Gasteiger partial charge in [0.1, 0.15) is 0 Å². The Morgan fingerprint density at radius 3 is 2.52 bits per heavy atom. The van der Waals surface area contributed by atoms with Crippen molar-refractivity contribution in [2.75, 3.05) is 37.7 Å². The molecule has 1 spiro atoms. The highest BCUT2D eigenvalue weighted by Gasteiger charge is 2.50. The number of piperidine rings is 1. The molecule has 3 fully saturated rings. The molecule has 1 amide bonds. The minimum Gasteiger partial charge on any atom is -0.396 e. The highest BCUT2D eigenvalue weighted by molar-refractivity contribution is 5.81. The lowest BCUT2D eigenvalue weighted by molar-refractivity contribution is -0.137. The first-order chi connectivity index (χ1) is 13.8. The zero-order valence-corrected chi connectivity index (χ0v) is 16.1. The molecule has 4 rings (SSSR count). The number of halogens is 3. The first-order valence-corrected chi connectivity index (χ1v) is 10.0. The minimum absolute atomic E-state index is 0.0130. The van der Waals surface area contributed by atoms with Crippen LogP contribution in [0.1, 0.15) is 36.8 Å². The van der Waals surface area contributed by atoms with Crippen LogP contribution in [0.4, 0.5) is 18.9 Å². The van der Waals surface area contributed by atoms with Gasteiger partial charge in [-0.1, -0.05) is 0 Å². The summed E-state index contributed by atoms with van der Waals surface area (Å²) in [6.45, 7) is 2.34. The van der Waals surface area contributed by atoms with Gasteiger partial charge in [0.05, 0.1) is 17.2 Å². The third kappa shape index (κ3) is 3.68. The second-order valence-corrected chi connectivity index (χ2v) is 8.56. The standard InChI is InChI=1S/C21H24F3N3O2/c22-21(23,24)18-9-17(4-3-15(18)10-25)26-7-5-20(6-8-26)13-27(11-16(20)12-28)19(29)14-1-2-14/h3-4,9,14,16,28H,1-2,5-8,11-13H2. The van der Waals surface area contributed by atoms with E-state index in [1.54, 1.807) is 12.1 Å². The van der Waals surface area contributed by atoms with Crippen molar-refractivity contribution in [1.29, 1.82) is 5.26 Å². The fourth-order valence-corrected chi connectivity index (χ4v) is 4.88. The summed E-state index contributed by atoms with van der Waals surface area (Å²) in [6.07, 6.45) is -1.25. The zero-order chi connectivity index (χ0) is 20.8. The summed E-state index contributed by atoms with van der Waals surface area (Å²) in [4.78, 5) is 16.3. The molecule has 1 unspecified atom stereocenters. The molecule has 1 atom stereocenters. The molecule has 3 aliphatic rings. The molecule has 2 aliphatic heterocycles. The maximum Gasteiger partial charge on any atom is 0.417 e. The van der Waals surface area contributed by atoms with E-state index in [0.717, 1.165) is 18.9 Å². The van der Waals surface area contributed by atoms with Crippen LogP contribution in [-0.4, -0.2) is 48.7 Å². The quantitative estimate of drug-likeness (QED) is 0.837. The van der Waals surface area contributed by atoms with Crippen molar-refractivity contribution in [3.05, 3.63) is 29.3 Å². The lowest BCUT2D eigenvalue weighted by atomic mass is 9.71. The summed E-state index contributed by atoms with van der Waals surface area (Å²) >= 11 is 0. The van der Waals surface area contributed by atoms with Crippen LogP contribution in [0.3, 0.4) is 0 Å². The van der Waals surface area contributed by atoms with Crippen molar-refractivity contribution in [2.45, 2.75) is 31.9 Å². The molecular formula is C21H24F3N3O2. The van der Waals surface area contributed by atoms with Gasteiger partial charge >= 0.3 is 6.18 Å². The van der Waals surface area contributed by atoms with Crippen LogP contribution in [0, 0.1) is 28.6 Å². The van der Waals surface area contributed by atoms with E-state index in [1.807, 2.05) is 9.80 Å². The molecule has 0 bridgehead atoms. The summed E-state index contributed by atoms with van der Waals surface area (Å²) in [5.74, 6) is 0.340. The van der Waals surface area contributed by atoms with E-state index in [2.05, 4.69) is 0 Å². The largest absolute Gasteiger partial charge is 0.417 e. The average molecular weight is 407 g/mol. The maximum absolute atomic E-state index is 13.3. The van der Waals surface area contributed by atoms with E-state index in [1.165, 1.54) is 6.07 Å². The van der Waals surface area contributed by atoms with Crippen LogP contribution in [0.15, 0.2) is 18.2 Å². The fourth-order valence-electron chi connectivity index (χ4n) is 4.88. The molecule has 1 aromatic rings. The van der Waals surface area contributed by atoms with Crippen LogP contribution in [0.25, 0.3) is 0 Å². The number of nitriles is 1. The van der Waals surface area contributed by atoms with Crippen LogP contribution in [-0.2, 0) is 11.0 Å². The molecule has 2 saturated heterocycles. The van der Waals surface area contributed by atoms with Gasteiger partial charge in [-0.05, 0) is 49.3 Å². The monoisotopic (exact) mass is 407 g/mol. The fraction of sp³-hybridized carbons (Fsp3) is 0.619. The second-order valence-electron chi connectivity index (χ2n) is 8.56. The molecule has 0 radical (unpaired) electrons. The average Bonchev–Trinajstić information content (AvgIpc) is 3.50. The molecular weight excluding hydrogens is 383 g/mol. The van der Waals surface area contributed by atoms with Crippen molar-refractivity contribution in [3.8, 4) is 6.07 Å². The molecule has 5 nitrogen and oxygen atoms in total. The van der Waals surface area contributed by atoms with Crippen molar-refractivity contribution < 1.29 is 23.1 Å². The van der Waals surface area contributed by atoms with Gasteiger partial charge < -0.3 is 14.9 Å². The third-order valence-corrected chi connectivity index (χ3v) is 6.82.